The maximum Gasteiger partial charge on any atom is 0.312 e. The Labute approximate surface area is 126 Å². The zero-order chi connectivity index (χ0) is 14.7. The molecule has 0 spiro atoms. The molecule has 7 heteroatoms. The molecule has 0 aliphatic carbocycles. The van der Waals surface area contributed by atoms with Gasteiger partial charge in [0.1, 0.15) is 17.9 Å². The predicted molar refractivity (Wildman–Crippen MR) is 77.0 cm³/mol. The Balaban J connectivity index is 2.31. The summed E-state index contributed by atoms with van der Waals surface area (Å²) in [6.07, 6.45) is 0.762. The molecule has 0 atom stereocenters. The number of rotatable bonds is 5. The molecule has 2 aromatic rings. The van der Waals surface area contributed by atoms with E-state index in [2.05, 4.69) is 15.9 Å². The molecular weight excluding hydrogens is 351 g/mol. The van der Waals surface area contributed by atoms with Crippen molar-refractivity contribution in [2.24, 2.45) is 0 Å². The third-order valence-corrected chi connectivity index (χ3v) is 4.25. The molecule has 0 amide bonds. The van der Waals surface area contributed by atoms with E-state index in [1.165, 1.54) is 13.2 Å². The lowest BCUT2D eigenvalue weighted by Crippen LogP contribution is -2.06. The Hall–Kier alpha value is -1.47. The molecule has 106 valence electrons. The SMILES string of the molecule is COc1cc2sc(OC(=O)CCC=O)cc2c(F)c1Br. The van der Waals surface area contributed by atoms with Crippen LogP contribution in [0.5, 0.6) is 10.8 Å². The van der Waals surface area contributed by atoms with Gasteiger partial charge in [0.2, 0.25) is 0 Å². The number of thiophene rings is 1. The van der Waals surface area contributed by atoms with Crippen LogP contribution in [0.3, 0.4) is 0 Å². The minimum atomic E-state index is -0.518. The number of hydrogen-bond acceptors (Lipinski definition) is 5. The molecule has 0 bridgehead atoms. The Bertz CT molecular complexity index is 668. The van der Waals surface area contributed by atoms with Crippen LogP contribution in [-0.4, -0.2) is 19.4 Å². The summed E-state index contributed by atoms with van der Waals surface area (Å²) < 4.78 is 25.0. The molecular formula is C13H10BrFO4S. The highest BCUT2D eigenvalue weighted by Gasteiger charge is 2.16. The maximum absolute atomic E-state index is 14.1. The molecule has 0 saturated heterocycles. The lowest BCUT2D eigenvalue weighted by molar-refractivity contribution is -0.135. The standard InChI is InChI=1S/C13H10BrFO4S/c1-18-8-6-9-7(13(15)12(8)14)5-11(20-9)19-10(17)3-2-4-16/h4-6H,2-3H2,1H3. The molecule has 4 nitrogen and oxygen atoms in total. The molecule has 1 heterocycles. The summed E-state index contributed by atoms with van der Waals surface area (Å²) in [5.41, 5.74) is 0. The zero-order valence-electron chi connectivity index (χ0n) is 10.4. The Morgan fingerprint density at radius 2 is 2.25 bits per heavy atom. The highest BCUT2D eigenvalue weighted by Crippen LogP contribution is 2.40. The molecule has 0 aliphatic rings. The van der Waals surface area contributed by atoms with Crippen molar-refractivity contribution in [2.45, 2.75) is 12.8 Å². The number of methoxy groups -OCH3 is 1. The normalized spacial score (nSPS) is 10.6. The second-order valence-corrected chi connectivity index (χ2v) is 5.70. The van der Waals surface area contributed by atoms with Crippen LogP contribution in [0.2, 0.25) is 0 Å². The summed E-state index contributed by atoms with van der Waals surface area (Å²) in [4.78, 5) is 21.6. The molecule has 0 aliphatic heterocycles. The van der Waals surface area contributed by atoms with Crippen LogP contribution in [0.1, 0.15) is 12.8 Å². The van der Waals surface area contributed by atoms with Gasteiger partial charge in [0, 0.05) is 22.6 Å². The highest BCUT2D eigenvalue weighted by atomic mass is 79.9. The number of esters is 1. The first-order chi connectivity index (χ1) is 9.56. The summed E-state index contributed by atoms with van der Waals surface area (Å²) in [5, 5.41) is 0.635. The summed E-state index contributed by atoms with van der Waals surface area (Å²) in [6.45, 7) is 0. The highest BCUT2D eigenvalue weighted by molar-refractivity contribution is 9.10. The molecule has 0 unspecified atom stereocenters. The largest absolute Gasteiger partial charge is 0.495 e. The van der Waals surface area contributed by atoms with Crippen molar-refractivity contribution in [3.63, 3.8) is 0 Å². The summed E-state index contributed by atoms with van der Waals surface area (Å²) in [6, 6.07) is 3.12. The number of carbonyl (C=O) groups excluding carboxylic acids is 2. The lowest BCUT2D eigenvalue weighted by Gasteiger charge is -2.04. The van der Waals surface area contributed by atoms with Gasteiger partial charge < -0.3 is 14.3 Å². The van der Waals surface area contributed by atoms with E-state index in [0.29, 0.717) is 22.1 Å². The van der Waals surface area contributed by atoms with Gasteiger partial charge in [0.25, 0.3) is 0 Å². The van der Waals surface area contributed by atoms with Crippen molar-refractivity contribution in [1.29, 1.82) is 0 Å². The maximum atomic E-state index is 14.1. The van der Waals surface area contributed by atoms with E-state index < -0.39 is 11.8 Å². The quantitative estimate of drug-likeness (QED) is 0.602. The van der Waals surface area contributed by atoms with E-state index in [1.807, 2.05) is 0 Å². The smallest absolute Gasteiger partial charge is 0.312 e. The molecule has 1 aromatic carbocycles. The van der Waals surface area contributed by atoms with E-state index >= 15 is 0 Å². The van der Waals surface area contributed by atoms with Gasteiger partial charge in [0.05, 0.1) is 18.0 Å². The van der Waals surface area contributed by atoms with Crippen molar-refractivity contribution in [1.82, 2.24) is 0 Å². The molecule has 0 fully saturated rings. The third-order valence-electron chi connectivity index (χ3n) is 2.55. The predicted octanol–water partition coefficient (Wildman–Crippen LogP) is 3.70. The molecule has 20 heavy (non-hydrogen) atoms. The van der Waals surface area contributed by atoms with E-state index in [1.54, 1.807) is 6.07 Å². The number of benzene rings is 1. The first-order valence-electron chi connectivity index (χ1n) is 5.66. The number of aldehydes is 1. The van der Waals surface area contributed by atoms with Crippen molar-refractivity contribution in [3.05, 3.63) is 22.4 Å². The van der Waals surface area contributed by atoms with E-state index in [4.69, 9.17) is 9.47 Å². The van der Waals surface area contributed by atoms with Gasteiger partial charge in [-0.1, -0.05) is 11.3 Å². The van der Waals surface area contributed by atoms with Crippen LogP contribution in [0.4, 0.5) is 4.39 Å². The topological polar surface area (TPSA) is 52.6 Å². The van der Waals surface area contributed by atoms with Crippen LogP contribution >= 0.6 is 27.3 Å². The van der Waals surface area contributed by atoms with Crippen LogP contribution in [-0.2, 0) is 9.59 Å². The van der Waals surface area contributed by atoms with Gasteiger partial charge in [-0.3, -0.25) is 4.79 Å². The number of hydrogen-bond donors (Lipinski definition) is 0. The Kier molecular flexibility index (Phi) is 4.72. The number of halogens is 2. The molecule has 0 saturated carbocycles. The minimum absolute atomic E-state index is 0.00719. The van der Waals surface area contributed by atoms with Crippen LogP contribution < -0.4 is 9.47 Å². The van der Waals surface area contributed by atoms with Crippen molar-refractivity contribution >= 4 is 49.6 Å². The van der Waals surface area contributed by atoms with Crippen molar-refractivity contribution in [2.75, 3.05) is 7.11 Å². The molecule has 2 rings (SSSR count). The lowest BCUT2D eigenvalue weighted by atomic mass is 10.2. The second-order valence-electron chi connectivity index (χ2n) is 3.86. The van der Waals surface area contributed by atoms with Gasteiger partial charge in [0.15, 0.2) is 5.06 Å². The molecule has 1 aromatic heterocycles. The molecule has 0 N–H and O–H groups in total. The van der Waals surface area contributed by atoms with Gasteiger partial charge >= 0.3 is 5.97 Å². The number of ether oxygens (including phenoxy) is 2. The Morgan fingerprint density at radius 1 is 1.50 bits per heavy atom. The molecule has 0 radical (unpaired) electrons. The van der Waals surface area contributed by atoms with E-state index in [0.717, 1.165) is 11.3 Å². The summed E-state index contributed by atoms with van der Waals surface area (Å²) in [5.74, 6) is -0.614. The van der Waals surface area contributed by atoms with Crippen LogP contribution in [0, 0.1) is 5.82 Å². The Morgan fingerprint density at radius 3 is 2.90 bits per heavy atom. The van der Waals surface area contributed by atoms with Crippen molar-refractivity contribution in [3.8, 4) is 10.8 Å². The first kappa shape index (κ1) is 14.9. The fraction of sp³-hybridized carbons (Fsp3) is 0.231. The van der Waals surface area contributed by atoms with Crippen LogP contribution in [0.15, 0.2) is 16.6 Å². The van der Waals surface area contributed by atoms with Gasteiger partial charge in [-0.25, -0.2) is 4.39 Å². The van der Waals surface area contributed by atoms with Gasteiger partial charge in [-0.15, -0.1) is 0 Å². The summed E-state index contributed by atoms with van der Waals surface area (Å²) >= 11 is 4.25. The van der Waals surface area contributed by atoms with Crippen molar-refractivity contribution < 1.29 is 23.5 Å². The summed E-state index contributed by atoms with van der Waals surface area (Å²) in [7, 11) is 1.44. The second kappa shape index (κ2) is 6.32. The minimum Gasteiger partial charge on any atom is -0.495 e. The fourth-order valence-corrected chi connectivity index (χ4v) is 3.05. The third kappa shape index (κ3) is 2.99. The average molecular weight is 361 g/mol. The first-order valence-corrected chi connectivity index (χ1v) is 7.27. The number of fused-ring (bicyclic) bond motifs is 1. The monoisotopic (exact) mass is 360 g/mol. The zero-order valence-corrected chi connectivity index (χ0v) is 12.8. The van der Waals surface area contributed by atoms with Gasteiger partial charge in [-0.2, -0.15) is 0 Å². The van der Waals surface area contributed by atoms with Gasteiger partial charge in [-0.05, 0) is 22.0 Å². The van der Waals surface area contributed by atoms with E-state index in [9.17, 15) is 14.0 Å². The van der Waals surface area contributed by atoms with E-state index in [-0.39, 0.29) is 22.4 Å². The van der Waals surface area contributed by atoms with Crippen LogP contribution in [0.25, 0.3) is 10.1 Å². The average Bonchev–Trinajstić information content (AvgIpc) is 2.83. The number of carbonyl (C=O) groups is 2. The fourth-order valence-electron chi connectivity index (χ4n) is 1.61.